The highest BCUT2D eigenvalue weighted by atomic mass is 19.1. The number of nitrogens with zero attached hydrogens (tertiary/aromatic N) is 1. The third-order valence-electron chi connectivity index (χ3n) is 4.67. The number of nitrogens with two attached hydrogens (primary N) is 1. The minimum absolute atomic E-state index is 0.0627. The summed E-state index contributed by atoms with van der Waals surface area (Å²) in [5, 5.41) is 6.24. The van der Waals surface area contributed by atoms with Crippen molar-refractivity contribution in [2.24, 2.45) is 5.73 Å². The van der Waals surface area contributed by atoms with Gasteiger partial charge in [0.1, 0.15) is 11.5 Å². The highest BCUT2D eigenvalue weighted by Crippen LogP contribution is 2.15. The van der Waals surface area contributed by atoms with Gasteiger partial charge >= 0.3 is 0 Å². The number of hydrogen-bond donors (Lipinski definition) is 4. The number of fused-ring (bicyclic) bond motifs is 1. The van der Waals surface area contributed by atoms with Crippen LogP contribution in [0.15, 0.2) is 42.6 Å². The quantitative estimate of drug-likeness (QED) is 0.464. The lowest BCUT2D eigenvalue weighted by molar-refractivity contribution is -0.120. The molecule has 2 heterocycles. The van der Waals surface area contributed by atoms with E-state index < -0.39 is 0 Å². The van der Waals surface area contributed by atoms with Crippen molar-refractivity contribution in [2.45, 2.75) is 39.7 Å². The van der Waals surface area contributed by atoms with Gasteiger partial charge in [0, 0.05) is 23.7 Å². The molecule has 1 atom stereocenters. The monoisotopic (exact) mass is 427 g/mol. The molecular formula is C23H30FN5O2. The van der Waals surface area contributed by atoms with Gasteiger partial charge in [0.2, 0.25) is 5.91 Å². The Bertz CT molecular complexity index is 980. The molecule has 0 aliphatic heterocycles. The standard InChI is InChI=1S/C16H23N5O2.C7H7F/c1-3-12(17)4-5-18-15(22)9-20-16(23)13-7-11-6-10(2)19-8-14(11)21-13;1-6-2-4-7(8)5-3-6/h6-8,12,21H,3-5,9,17H2,1-2H3,(H,18,22)(H,20,23);2-5H,1H3. The van der Waals surface area contributed by atoms with Gasteiger partial charge in [0.05, 0.1) is 18.3 Å². The maximum absolute atomic E-state index is 12.1. The zero-order valence-corrected chi connectivity index (χ0v) is 18.2. The molecule has 1 aromatic carbocycles. The number of hydrogen-bond acceptors (Lipinski definition) is 4. The van der Waals surface area contributed by atoms with Gasteiger partial charge in [-0.05, 0) is 51.0 Å². The zero-order valence-electron chi connectivity index (χ0n) is 18.2. The first-order chi connectivity index (χ1) is 14.8. The molecule has 0 spiro atoms. The van der Waals surface area contributed by atoms with Gasteiger partial charge in [-0.25, -0.2) is 4.39 Å². The van der Waals surface area contributed by atoms with Crippen LogP contribution in [0.5, 0.6) is 0 Å². The molecule has 0 bridgehead atoms. The van der Waals surface area contributed by atoms with Crippen molar-refractivity contribution >= 4 is 22.7 Å². The smallest absolute Gasteiger partial charge is 0.268 e. The number of benzene rings is 1. The Morgan fingerprint density at radius 2 is 1.87 bits per heavy atom. The average Bonchev–Trinajstić information content (AvgIpc) is 3.17. The van der Waals surface area contributed by atoms with Gasteiger partial charge in [0.15, 0.2) is 0 Å². The van der Waals surface area contributed by atoms with E-state index in [9.17, 15) is 14.0 Å². The molecule has 0 fully saturated rings. The number of amides is 2. The summed E-state index contributed by atoms with van der Waals surface area (Å²) in [4.78, 5) is 30.9. The van der Waals surface area contributed by atoms with Crippen LogP contribution < -0.4 is 16.4 Å². The Kier molecular flexibility index (Phi) is 9.14. The lowest BCUT2D eigenvalue weighted by Crippen LogP contribution is -2.38. The van der Waals surface area contributed by atoms with Crippen LogP contribution >= 0.6 is 0 Å². The first-order valence-electron chi connectivity index (χ1n) is 10.3. The van der Waals surface area contributed by atoms with E-state index in [0.29, 0.717) is 12.2 Å². The molecular weight excluding hydrogens is 397 g/mol. The molecule has 166 valence electrons. The molecule has 3 aromatic rings. The fourth-order valence-electron chi connectivity index (χ4n) is 2.72. The maximum Gasteiger partial charge on any atom is 0.268 e. The van der Waals surface area contributed by atoms with Gasteiger partial charge in [-0.15, -0.1) is 0 Å². The van der Waals surface area contributed by atoms with E-state index in [1.807, 2.05) is 26.8 Å². The third-order valence-corrected chi connectivity index (χ3v) is 4.67. The Hall–Kier alpha value is -3.26. The van der Waals surface area contributed by atoms with E-state index in [1.54, 1.807) is 24.4 Å². The number of aromatic amines is 1. The molecule has 0 saturated carbocycles. The number of aromatic nitrogens is 2. The van der Waals surface area contributed by atoms with Crippen molar-refractivity contribution in [3.05, 3.63) is 65.4 Å². The zero-order chi connectivity index (χ0) is 22.8. The van der Waals surface area contributed by atoms with Gasteiger partial charge in [-0.1, -0.05) is 24.6 Å². The van der Waals surface area contributed by atoms with Gasteiger partial charge in [-0.3, -0.25) is 14.6 Å². The molecule has 2 aromatic heterocycles. The summed E-state index contributed by atoms with van der Waals surface area (Å²) in [6, 6.07) is 10.1. The van der Waals surface area contributed by atoms with Crippen molar-refractivity contribution in [1.82, 2.24) is 20.6 Å². The second-order valence-corrected chi connectivity index (χ2v) is 7.38. The van der Waals surface area contributed by atoms with Crippen LogP contribution in [0.3, 0.4) is 0 Å². The fraction of sp³-hybridized carbons (Fsp3) is 0.348. The summed E-state index contributed by atoms with van der Waals surface area (Å²) in [6.45, 7) is 6.28. The Morgan fingerprint density at radius 1 is 1.16 bits per heavy atom. The SMILES string of the molecule is CCC(N)CCNC(=O)CNC(=O)c1cc2cc(C)ncc2[nH]1.Cc1ccc(F)cc1. The number of aryl methyl sites for hydroxylation is 2. The van der Waals surface area contributed by atoms with E-state index in [2.05, 4.69) is 20.6 Å². The van der Waals surface area contributed by atoms with Crippen LogP contribution in [-0.2, 0) is 4.79 Å². The molecule has 0 radical (unpaired) electrons. The lowest BCUT2D eigenvalue weighted by atomic mass is 10.2. The van der Waals surface area contributed by atoms with Crippen LogP contribution in [0, 0.1) is 19.7 Å². The Labute approximate surface area is 181 Å². The predicted octanol–water partition coefficient (Wildman–Crippen LogP) is 2.98. The van der Waals surface area contributed by atoms with Crippen LogP contribution in [0.1, 0.15) is 41.5 Å². The molecule has 1 unspecified atom stereocenters. The van der Waals surface area contributed by atoms with Crippen LogP contribution in [0.25, 0.3) is 10.9 Å². The fourth-order valence-corrected chi connectivity index (χ4v) is 2.72. The number of carbonyl (C=O) groups is 2. The molecule has 2 amide bonds. The highest BCUT2D eigenvalue weighted by Gasteiger charge is 2.11. The number of pyridine rings is 1. The van der Waals surface area contributed by atoms with Crippen molar-refractivity contribution < 1.29 is 14.0 Å². The third kappa shape index (κ3) is 8.18. The molecule has 7 nitrogen and oxygen atoms in total. The molecule has 0 aliphatic rings. The predicted molar refractivity (Wildman–Crippen MR) is 120 cm³/mol. The van der Waals surface area contributed by atoms with Crippen molar-refractivity contribution in [1.29, 1.82) is 0 Å². The van der Waals surface area contributed by atoms with E-state index in [-0.39, 0.29) is 30.2 Å². The minimum atomic E-state index is -0.320. The number of nitrogens with one attached hydrogen (secondary N) is 3. The maximum atomic E-state index is 12.1. The summed E-state index contributed by atoms with van der Waals surface area (Å²) < 4.78 is 12.1. The lowest BCUT2D eigenvalue weighted by Gasteiger charge is -2.09. The molecule has 8 heteroatoms. The summed E-state index contributed by atoms with van der Waals surface area (Å²) in [6.07, 6.45) is 3.29. The first-order valence-corrected chi connectivity index (χ1v) is 10.3. The number of halogens is 1. The highest BCUT2D eigenvalue weighted by molar-refractivity contribution is 5.99. The van der Waals surface area contributed by atoms with Crippen molar-refractivity contribution in [3.63, 3.8) is 0 Å². The van der Waals surface area contributed by atoms with Crippen LogP contribution in [0.2, 0.25) is 0 Å². The number of rotatable bonds is 7. The van der Waals surface area contributed by atoms with E-state index >= 15 is 0 Å². The average molecular weight is 428 g/mol. The first kappa shape index (κ1) is 24.0. The summed E-state index contributed by atoms with van der Waals surface area (Å²) in [5.74, 6) is -0.717. The second-order valence-electron chi connectivity index (χ2n) is 7.38. The summed E-state index contributed by atoms with van der Waals surface area (Å²) in [7, 11) is 0. The van der Waals surface area contributed by atoms with E-state index in [0.717, 1.165) is 35.0 Å². The van der Waals surface area contributed by atoms with Crippen molar-refractivity contribution in [2.75, 3.05) is 13.1 Å². The normalized spacial score (nSPS) is 11.4. The van der Waals surface area contributed by atoms with E-state index in [4.69, 9.17) is 5.73 Å². The summed E-state index contributed by atoms with van der Waals surface area (Å²) in [5.41, 5.74) is 8.95. The molecule has 3 rings (SSSR count). The van der Waals surface area contributed by atoms with Gasteiger partial charge < -0.3 is 21.4 Å². The Morgan fingerprint density at radius 3 is 2.52 bits per heavy atom. The number of carbonyl (C=O) groups excluding carboxylic acids is 2. The summed E-state index contributed by atoms with van der Waals surface area (Å²) >= 11 is 0. The second kappa shape index (κ2) is 11.8. The van der Waals surface area contributed by atoms with Gasteiger partial charge in [-0.2, -0.15) is 0 Å². The van der Waals surface area contributed by atoms with Crippen LogP contribution in [-0.4, -0.2) is 40.9 Å². The van der Waals surface area contributed by atoms with E-state index in [1.165, 1.54) is 12.1 Å². The number of H-pyrrole nitrogens is 1. The Balaban J connectivity index is 0.000000357. The van der Waals surface area contributed by atoms with Gasteiger partial charge in [0.25, 0.3) is 5.91 Å². The minimum Gasteiger partial charge on any atom is -0.355 e. The molecule has 0 aliphatic carbocycles. The molecule has 5 N–H and O–H groups in total. The largest absolute Gasteiger partial charge is 0.355 e. The molecule has 0 saturated heterocycles. The van der Waals surface area contributed by atoms with Crippen molar-refractivity contribution in [3.8, 4) is 0 Å². The molecule has 31 heavy (non-hydrogen) atoms. The van der Waals surface area contributed by atoms with Crippen LogP contribution in [0.4, 0.5) is 4.39 Å². The topological polar surface area (TPSA) is 113 Å².